The summed E-state index contributed by atoms with van der Waals surface area (Å²) in [7, 11) is 0. The average molecular weight is 366 g/mol. The Kier molecular flexibility index (Phi) is 4.54. The molecule has 0 radical (unpaired) electrons. The smallest absolute Gasteiger partial charge is 0.260 e. The first-order chi connectivity index (χ1) is 13.1. The highest BCUT2D eigenvalue weighted by Crippen LogP contribution is 2.30. The summed E-state index contributed by atoms with van der Waals surface area (Å²) < 4.78 is 33.8. The molecule has 27 heavy (non-hydrogen) atoms. The number of hydrogen-bond acceptors (Lipinski definition) is 3. The zero-order valence-electron chi connectivity index (χ0n) is 14.4. The molecule has 2 heterocycles. The number of fused-ring (bicyclic) bond motifs is 1. The minimum atomic E-state index is -0.865. The minimum Gasteiger partial charge on any atom is -0.491 e. The molecule has 3 aromatic rings. The van der Waals surface area contributed by atoms with Crippen LogP contribution in [-0.2, 0) is 6.54 Å². The zero-order chi connectivity index (χ0) is 18.8. The lowest BCUT2D eigenvalue weighted by Gasteiger charge is -2.20. The lowest BCUT2D eigenvalue weighted by molar-refractivity contribution is 0.0723. The molecule has 136 valence electrons. The van der Waals surface area contributed by atoms with Gasteiger partial charge < -0.3 is 9.64 Å². The number of nitrogens with zero attached hydrogens (tertiary/aromatic N) is 2. The van der Waals surface area contributed by atoms with E-state index in [0.29, 0.717) is 5.75 Å². The Morgan fingerprint density at radius 2 is 1.74 bits per heavy atom. The van der Waals surface area contributed by atoms with E-state index in [1.165, 1.54) is 11.0 Å². The largest absolute Gasteiger partial charge is 0.491 e. The summed E-state index contributed by atoms with van der Waals surface area (Å²) in [6.07, 6.45) is 3.41. The van der Waals surface area contributed by atoms with Gasteiger partial charge in [0.1, 0.15) is 29.6 Å². The maximum absolute atomic E-state index is 14.0. The van der Waals surface area contributed by atoms with Crippen LogP contribution < -0.4 is 4.74 Å². The maximum atomic E-state index is 14.0. The van der Waals surface area contributed by atoms with Crippen LogP contribution in [0.25, 0.3) is 11.1 Å². The molecule has 0 bridgehead atoms. The van der Waals surface area contributed by atoms with Gasteiger partial charge >= 0.3 is 0 Å². The molecule has 0 N–H and O–H groups in total. The second-order valence-corrected chi connectivity index (χ2v) is 6.23. The standard InChI is InChI=1S/C21H16F2N2O2/c22-17-2-1-3-18(23)20(17)21(26)25-10-11-27-19-5-4-15(12-16(19)13-25)14-6-8-24-9-7-14/h1-9,12H,10-11,13H2. The highest BCUT2D eigenvalue weighted by atomic mass is 19.1. The van der Waals surface area contributed by atoms with Crippen molar-refractivity contribution in [1.29, 1.82) is 0 Å². The fourth-order valence-corrected chi connectivity index (χ4v) is 3.15. The maximum Gasteiger partial charge on any atom is 0.260 e. The van der Waals surface area contributed by atoms with Crippen LogP contribution >= 0.6 is 0 Å². The van der Waals surface area contributed by atoms with Crippen LogP contribution in [0.4, 0.5) is 8.78 Å². The Bertz CT molecular complexity index is 972. The normalized spacial score (nSPS) is 13.5. The lowest BCUT2D eigenvalue weighted by atomic mass is 10.0. The number of benzene rings is 2. The third-order valence-electron chi connectivity index (χ3n) is 4.52. The van der Waals surface area contributed by atoms with Gasteiger partial charge in [0.2, 0.25) is 0 Å². The predicted octanol–water partition coefficient (Wildman–Crippen LogP) is 4.06. The number of hydrogen-bond donors (Lipinski definition) is 0. The summed E-state index contributed by atoms with van der Waals surface area (Å²) in [5.41, 5.74) is 2.18. The molecule has 0 spiro atoms. The van der Waals surface area contributed by atoms with E-state index in [1.54, 1.807) is 12.4 Å². The van der Waals surface area contributed by atoms with Crippen molar-refractivity contribution in [2.75, 3.05) is 13.2 Å². The molecule has 0 saturated heterocycles. The first-order valence-corrected chi connectivity index (χ1v) is 8.53. The van der Waals surface area contributed by atoms with Crippen LogP contribution in [0.15, 0.2) is 60.9 Å². The Labute approximate surface area is 155 Å². The van der Waals surface area contributed by atoms with Gasteiger partial charge in [-0.15, -0.1) is 0 Å². The van der Waals surface area contributed by atoms with Crippen molar-refractivity contribution < 1.29 is 18.3 Å². The first-order valence-electron chi connectivity index (χ1n) is 8.53. The van der Waals surface area contributed by atoms with Gasteiger partial charge in [-0.1, -0.05) is 12.1 Å². The number of ether oxygens (including phenoxy) is 1. The molecule has 0 aliphatic carbocycles. The lowest BCUT2D eigenvalue weighted by Crippen LogP contribution is -2.33. The van der Waals surface area contributed by atoms with Gasteiger partial charge in [0, 0.05) is 24.5 Å². The van der Waals surface area contributed by atoms with Gasteiger partial charge in [0.15, 0.2) is 0 Å². The van der Waals surface area contributed by atoms with Gasteiger partial charge in [-0.2, -0.15) is 0 Å². The van der Waals surface area contributed by atoms with Crippen LogP contribution in [-0.4, -0.2) is 28.9 Å². The molecule has 6 heteroatoms. The molecular formula is C21H16F2N2O2. The molecule has 1 aliphatic heterocycles. The molecule has 0 atom stereocenters. The van der Waals surface area contributed by atoms with E-state index in [0.717, 1.165) is 28.8 Å². The molecule has 1 amide bonds. The van der Waals surface area contributed by atoms with Gasteiger partial charge in [0.25, 0.3) is 5.91 Å². The van der Waals surface area contributed by atoms with Crippen LogP contribution in [0, 0.1) is 11.6 Å². The highest BCUT2D eigenvalue weighted by Gasteiger charge is 2.26. The Balaban J connectivity index is 1.67. The fourth-order valence-electron chi connectivity index (χ4n) is 3.15. The van der Waals surface area contributed by atoms with E-state index in [9.17, 15) is 13.6 Å². The molecule has 4 nitrogen and oxygen atoms in total. The quantitative estimate of drug-likeness (QED) is 0.687. The molecule has 2 aromatic carbocycles. The van der Waals surface area contributed by atoms with E-state index in [4.69, 9.17) is 4.74 Å². The molecule has 0 fully saturated rings. The molecule has 1 aromatic heterocycles. The number of carbonyl (C=O) groups is 1. The van der Waals surface area contributed by atoms with Crippen molar-refractivity contribution in [3.63, 3.8) is 0 Å². The number of halogens is 2. The van der Waals surface area contributed by atoms with Crippen LogP contribution in [0.5, 0.6) is 5.75 Å². The van der Waals surface area contributed by atoms with Crippen molar-refractivity contribution in [3.8, 4) is 16.9 Å². The summed E-state index contributed by atoms with van der Waals surface area (Å²) in [6.45, 7) is 0.705. The van der Waals surface area contributed by atoms with Crippen molar-refractivity contribution in [1.82, 2.24) is 9.88 Å². The van der Waals surface area contributed by atoms with Crippen molar-refractivity contribution in [2.24, 2.45) is 0 Å². The van der Waals surface area contributed by atoms with E-state index >= 15 is 0 Å². The monoisotopic (exact) mass is 366 g/mol. The van der Waals surface area contributed by atoms with Gasteiger partial charge in [-0.3, -0.25) is 9.78 Å². The summed E-state index contributed by atoms with van der Waals surface area (Å²) >= 11 is 0. The fraction of sp³-hybridized carbons (Fsp3) is 0.143. The summed E-state index contributed by atoms with van der Waals surface area (Å²) in [6, 6.07) is 12.9. The van der Waals surface area contributed by atoms with E-state index in [1.807, 2.05) is 30.3 Å². The topological polar surface area (TPSA) is 42.4 Å². The summed E-state index contributed by atoms with van der Waals surface area (Å²) in [5.74, 6) is -1.75. The van der Waals surface area contributed by atoms with Crippen molar-refractivity contribution in [2.45, 2.75) is 6.54 Å². The Hall–Kier alpha value is -3.28. The second-order valence-electron chi connectivity index (χ2n) is 6.23. The number of rotatable bonds is 2. The Morgan fingerprint density at radius 3 is 2.48 bits per heavy atom. The summed E-state index contributed by atoms with van der Waals surface area (Å²) in [4.78, 5) is 18.2. The molecule has 0 unspecified atom stereocenters. The number of amides is 1. The van der Waals surface area contributed by atoms with E-state index in [2.05, 4.69) is 4.98 Å². The minimum absolute atomic E-state index is 0.209. The Morgan fingerprint density at radius 1 is 1.00 bits per heavy atom. The SMILES string of the molecule is O=C(c1c(F)cccc1F)N1CCOc2ccc(-c3ccncc3)cc2C1. The highest BCUT2D eigenvalue weighted by molar-refractivity contribution is 5.94. The third kappa shape index (κ3) is 3.38. The van der Waals surface area contributed by atoms with E-state index < -0.39 is 23.1 Å². The van der Waals surface area contributed by atoms with Gasteiger partial charge in [-0.25, -0.2) is 8.78 Å². The third-order valence-corrected chi connectivity index (χ3v) is 4.52. The average Bonchev–Trinajstić information content (AvgIpc) is 2.90. The van der Waals surface area contributed by atoms with E-state index in [-0.39, 0.29) is 19.7 Å². The van der Waals surface area contributed by atoms with Crippen LogP contribution in [0.3, 0.4) is 0 Å². The van der Waals surface area contributed by atoms with Crippen LogP contribution in [0.1, 0.15) is 15.9 Å². The van der Waals surface area contributed by atoms with Crippen molar-refractivity contribution >= 4 is 5.91 Å². The van der Waals surface area contributed by atoms with Crippen molar-refractivity contribution in [3.05, 3.63) is 83.7 Å². The predicted molar refractivity (Wildman–Crippen MR) is 96.3 cm³/mol. The zero-order valence-corrected chi connectivity index (χ0v) is 14.4. The molecule has 0 saturated carbocycles. The first kappa shape index (κ1) is 17.1. The summed E-state index contributed by atoms with van der Waals surface area (Å²) in [5, 5.41) is 0. The number of carbonyl (C=O) groups excluding carboxylic acids is 1. The second kappa shape index (κ2) is 7.15. The van der Waals surface area contributed by atoms with Crippen LogP contribution in [0.2, 0.25) is 0 Å². The molecule has 4 rings (SSSR count). The molecule has 1 aliphatic rings. The van der Waals surface area contributed by atoms with Gasteiger partial charge in [-0.05, 0) is 47.5 Å². The number of pyridine rings is 1. The van der Waals surface area contributed by atoms with Gasteiger partial charge in [0.05, 0.1) is 6.54 Å². The number of aromatic nitrogens is 1. The molecular weight excluding hydrogens is 350 g/mol.